The first kappa shape index (κ1) is 14.1. The van der Waals surface area contributed by atoms with Crippen molar-refractivity contribution in [3.63, 3.8) is 0 Å². The Morgan fingerprint density at radius 2 is 2.00 bits per heavy atom. The molecule has 0 bridgehead atoms. The molecular formula is C17H18N2O. The zero-order valence-corrected chi connectivity index (χ0v) is 11.8. The maximum absolute atomic E-state index is 8.80. The highest BCUT2D eigenvalue weighted by Crippen LogP contribution is 2.22. The minimum Gasteiger partial charge on any atom is -0.489 e. The number of benzene rings is 1. The van der Waals surface area contributed by atoms with Crippen LogP contribution >= 0.6 is 0 Å². The molecule has 2 aromatic rings. The van der Waals surface area contributed by atoms with Crippen LogP contribution in [0.1, 0.15) is 43.0 Å². The summed E-state index contributed by atoms with van der Waals surface area (Å²) in [6.07, 6.45) is 2.76. The normalized spacial score (nSPS) is 11.7. The summed E-state index contributed by atoms with van der Waals surface area (Å²) < 4.78 is 5.72. The third-order valence-corrected chi connectivity index (χ3v) is 3.41. The van der Waals surface area contributed by atoms with Crippen LogP contribution < -0.4 is 4.74 Å². The van der Waals surface area contributed by atoms with Crippen molar-refractivity contribution >= 4 is 0 Å². The molecule has 1 aromatic carbocycles. The van der Waals surface area contributed by atoms with Crippen molar-refractivity contribution in [2.45, 2.75) is 32.8 Å². The lowest BCUT2D eigenvalue weighted by Gasteiger charge is -2.10. The lowest BCUT2D eigenvalue weighted by Crippen LogP contribution is -1.97. The maximum Gasteiger partial charge on any atom is 0.140 e. The lowest BCUT2D eigenvalue weighted by molar-refractivity contribution is 0.306. The molecule has 102 valence electrons. The largest absolute Gasteiger partial charge is 0.489 e. The fourth-order valence-electron chi connectivity index (χ4n) is 1.92. The summed E-state index contributed by atoms with van der Waals surface area (Å²) in [6.45, 7) is 4.85. The standard InChI is InChI=1S/C17H18N2O/c1-3-13(2)15-4-6-17(7-5-15)20-12-14-8-9-19-16(10-14)11-18/h4-10,13H,3,12H2,1-2H3. The van der Waals surface area contributed by atoms with Crippen LogP contribution in [0.4, 0.5) is 0 Å². The molecule has 1 atom stereocenters. The zero-order chi connectivity index (χ0) is 14.4. The molecule has 0 saturated heterocycles. The highest BCUT2D eigenvalue weighted by molar-refractivity contribution is 5.30. The summed E-state index contributed by atoms with van der Waals surface area (Å²) >= 11 is 0. The van der Waals surface area contributed by atoms with E-state index in [9.17, 15) is 0 Å². The van der Waals surface area contributed by atoms with E-state index >= 15 is 0 Å². The van der Waals surface area contributed by atoms with Crippen LogP contribution in [0, 0.1) is 11.3 Å². The monoisotopic (exact) mass is 266 g/mol. The zero-order valence-electron chi connectivity index (χ0n) is 11.8. The molecule has 1 unspecified atom stereocenters. The minimum absolute atomic E-state index is 0.415. The SMILES string of the molecule is CCC(C)c1ccc(OCc2ccnc(C#N)c2)cc1. The Kier molecular flexibility index (Phi) is 4.73. The van der Waals surface area contributed by atoms with Crippen LogP contribution in [0.5, 0.6) is 5.75 Å². The molecule has 3 nitrogen and oxygen atoms in total. The van der Waals surface area contributed by atoms with Crippen molar-refractivity contribution in [2.24, 2.45) is 0 Å². The number of ether oxygens (including phenoxy) is 1. The van der Waals surface area contributed by atoms with Crippen LogP contribution in [-0.4, -0.2) is 4.98 Å². The van der Waals surface area contributed by atoms with E-state index in [1.165, 1.54) is 5.56 Å². The molecule has 3 heteroatoms. The number of pyridine rings is 1. The Labute approximate surface area is 119 Å². The Hall–Kier alpha value is -2.34. The van der Waals surface area contributed by atoms with Crippen LogP contribution in [0.15, 0.2) is 42.6 Å². The van der Waals surface area contributed by atoms with Crippen molar-refractivity contribution in [2.75, 3.05) is 0 Å². The van der Waals surface area contributed by atoms with Gasteiger partial charge in [-0.25, -0.2) is 4.98 Å². The maximum atomic E-state index is 8.80. The van der Waals surface area contributed by atoms with Crippen molar-refractivity contribution < 1.29 is 4.74 Å². The molecule has 20 heavy (non-hydrogen) atoms. The Balaban J connectivity index is 1.98. The van der Waals surface area contributed by atoms with Gasteiger partial charge in [0.05, 0.1) is 0 Å². The molecule has 0 spiro atoms. The second-order valence-corrected chi connectivity index (χ2v) is 4.83. The predicted molar refractivity (Wildman–Crippen MR) is 78.4 cm³/mol. The van der Waals surface area contributed by atoms with Gasteiger partial charge in [-0.05, 0) is 47.7 Å². The van der Waals surface area contributed by atoms with E-state index in [1.54, 1.807) is 12.3 Å². The third kappa shape index (κ3) is 3.58. The van der Waals surface area contributed by atoms with E-state index in [1.807, 2.05) is 24.3 Å². The number of hydrogen-bond donors (Lipinski definition) is 0. The quantitative estimate of drug-likeness (QED) is 0.820. The van der Waals surface area contributed by atoms with Gasteiger partial charge in [-0.3, -0.25) is 0 Å². The molecule has 0 aliphatic carbocycles. The number of nitrogens with zero attached hydrogens (tertiary/aromatic N) is 2. The third-order valence-electron chi connectivity index (χ3n) is 3.41. The molecule has 0 fully saturated rings. The van der Waals surface area contributed by atoms with Crippen molar-refractivity contribution in [1.82, 2.24) is 4.98 Å². The number of rotatable bonds is 5. The highest BCUT2D eigenvalue weighted by Gasteiger charge is 2.03. The number of aromatic nitrogens is 1. The molecular weight excluding hydrogens is 248 g/mol. The topological polar surface area (TPSA) is 45.9 Å². The molecule has 0 radical (unpaired) electrons. The molecule has 0 saturated carbocycles. The fourth-order valence-corrected chi connectivity index (χ4v) is 1.92. The summed E-state index contributed by atoms with van der Waals surface area (Å²) in [5, 5.41) is 8.80. The van der Waals surface area contributed by atoms with Crippen molar-refractivity contribution in [3.05, 3.63) is 59.4 Å². The van der Waals surface area contributed by atoms with Gasteiger partial charge < -0.3 is 4.74 Å². The molecule has 0 N–H and O–H groups in total. The molecule has 0 aliphatic rings. The van der Waals surface area contributed by atoms with Gasteiger partial charge in [-0.1, -0.05) is 26.0 Å². The summed E-state index contributed by atoms with van der Waals surface area (Å²) in [7, 11) is 0. The molecule has 0 aliphatic heterocycles. The van der Waals surface area contributed by atoms with Gasteiger partial charge in [-0.15, -0.1) is 0 Å². The summed E-state index contributed by atoms with van der Waals surface area (Å²) in [5.41, 5.74) is 2.69. The van der Waals surface area contributed by atoms with Crippen LogP contribution in [0.25, 0.3) is 0 Å². The molecule has 1 heterocycles. The summed E-state index contributed by atoms with van der Waals surface area (Å²) in [6, 6.07) is 13.8. The van der Waals surface area contributed by atoms with E-state index in [0.29, 0.717) is 18.2 Å². The van der Waals surface area contributed by atoms with E-state index in [4.69, 9.17) is 10.00 Å². The van der Waals surface area contributed by atoms with Crippen molar-refractivity contribution in [3.8, 4) is 11.8 Å². The van der Waals surface area contributed by atoms with Crippen LogP contribution in [0.2, 0.25) is 0 Å². The predicted octanol–water partition coefficient (Wildman–Crippen LogP) is 4.05. The number of hydrogen-bond acceptors (Lipinski definition) is 3. The van der Waals surface area contributed by atoms with Gasteiger partial charge in [0.15, 0.2) is 0 Å². The second-order valence-electron chi connectivity index (χ2n) is 4.83. The van der Waals surface area contributed by atoms with Crippen LogP contribution in [-0.2, 0) is 6.61 Å². The van der Waals surface area contributed by atoms with Gasteiger partial charge in [0.2, 0.25) is 0 Å². The summed E-state index contributed by atoms with van der Waals surface area (Å²) in [4.78, 5) is 3.94. The Morgan fingerprint density at radius 1 is 1.25 bits per heavy atom. The Morgan fingerprint density at radius 3 is 2.65 bits per heavy atom. The van der Waals surface area contributed by atoms with E-state index in [0.717, 1.165) is 17.7 Å². The molecule has 1 aromatic heterocycles. The lowest BCUT2D eigenvalue weighted by atomic mass is 9.99. The van der Waals surface area contributed by atoms with Crippen LogP contribution in [0.3, 0.4) is 0 Å². The average Bonchev–Trinajstić information content (AvgIpc) is 2.53. The van der Waals surface area contributed by atoms with Gasteiger partial charge >= 0.3 is 0 Å². The van der Waals surface area contributed by atoms with E-state index in [-0.39, 0.29) is 0 Å². The van der Waals surface area contributed by atoms with Gasteiger partial charge in [0.25, 0.3) is 0 Å². The minimum atomic E-state index is 0.415. The Bertz CT molecular complexity index is 599. The smallest absolute Gasteiger partial charge is 0.140 e. The highest BCUT2D eigenvalue weighted by atomic mass is 16.5. The van der Waals surface area contributed by atoms with E-state index in [2.05, 4.69) is 31.0 Å². The van der Waals surface area contributed by atoms with Gasteiger partial charge in [0, 0.05) is 6.20 Å². The number of nitriles is 1. The summed E-state index contributed by atoms with van der Waals surface area (Å²) in [5.74, 6) is 1.41. The molecule has 2 rings (SSSR count). The first-order chi connectivity index (χ1) is 9.72. The van der Waals surface area contributed by atoms with Gasteiger partial charge in [-0.2, -0.15) is 5.26 Å². The first-order valence-electron chi connectivity index (χ1n) is 6.80. The molecule has 0 amide bonds. The van der Waals surface area contributed by atoms with E-state index < -0.39 is 0 Å². The second kappa shape index (κ2) is 6.72. The van der Waals surface area contributed by atoms with Crippen molar-refractivity contribution in [1.29, 1.82) is 5.26 Å². The average molecular weight is 266 g/mol. The van der Waals surface area contributed by atoms with Gasteiger partial charge in [0.1, 0.15) is 24.1 Å². The fraction of sp³-hybridized carbons (Fsp3) is 0.294. The first-order valence-corrected chi connectivity index (χ1v) is 6.80.